The van der Waals surface area contributed by atoms with E-state index in [0.717, 1.165) is 30.8 Å². The smallest absolute Gasteiger partial charge is 0.126 e. The molecule has 0 aliphatic carbocycles. The van der Waals surface area contributed by atoms with Crippen LogP contribution >= 0.6 is 11.6 Å². The fraction of sp³-hybridized carbons (Fsp3) is 0.538. The van der Waals surface area contributed by atoms with Crippen LogP contribution in [0.4, 0.5) is 0 Å². The van der Waals surface area contributed by atoms with Crippen molar-refractivity contribution in [1.82, 2.24) is 5.32 Å². The number of hydrogen-bond acceptors (Lipinski definition) is 3. The number of ether oxygens (including phenoxy) is 1. The van der Waals surface area contributed by atoms with Crippen LogP contribution in [0.5, 0.6) is 5.75 Å². The first-order valence-electron chi connectivity index (χ1n) is 5.95. The second-order valence-corrected chi connectivity index (χ2v) is 4.94. The zero-order valence-corrected chi connectivity index (χ0v) is 10.7. The number of hydrogen-bond donors (Lipinski definition) is 2. The summed E-state index contributed by atoms with van der Waals surface area (Å²) in [5.74, 6) is 1.19. The highest BCUT2D eigenvalue weighted by Gasteiger charge is 2.26. The quantitative estimate of drug-likeness (QED) is 0.865. The molecule has 1 heterocycles. The third-order valence-electron chi connectivity index (χ3n) is 3.22. The van der Waals surface area contributed by atoms with Crippen molar-refractivity contribution in [3.8, 4) is 5.75 Å². The van der Waals surface area contributed by atoms with E-state index in [9.17, 15) is 5.11 Å². The summed E-state index contributed by atoms with van der Waals surface area (Å²) in [6.45, 7) is 3.93. The van der Waals surface area contributed by atoms with Gasteiger partial charge in [-0.25, -0.2) is 0 Å². The van der Waals surface area contributed by atoms with Gasteiger partial charge in [0.25, 0.3) is 0 Å². The molecule has 0 aromatic heterocycles. The SMILES string of the molecule is Cc1cc(Cl)ccc1O[C@@H](CO)C1CCNC1. The molecular weight excluding hydrogens is 238 g/mol. The van der Waals surface area contributed by atoms with Gasteiger partial charge in [0.05, 0.1) is 6.61 Å². The van der Waals surface area contributed by atoms with Crippen molar-refractivity contribution in [3.63, 3.8) is 0 Å². The highest BCUT2D eigenvalue weighted by Crippen LogP contribution is 2.25. The summed E-state index contributed by atoms with van der Waals surface area (Å²) in [7, 11) is 0. The van der Waals surface area contributed by atoms with Gasteiger partial charge in [-0.1, -0.05) is 11.6 Å². The Morgan fingerprint density at radius 3 is 3.00 bits per heavy atom. The molecule has 2 N–H and O–H groups in total. The minimum atomic E-state index is -0.134. The van der Waals surface area contributed by atoms with Crippen molar-refractivity contribution in [2.45, 2.75) is 19.4 Å². The van der Waals surface area contributed by atoms with Crippen LogP contribution in [0.15, 0.2) is 18.2 Å². The van der Waals surface area contributed by atoms with Gasteiger partial charge >= 0.3 is 0 Å². The lowest BCUT2D eigenvalue weighted by Crippen LogP contribution is -2.32. The largest absolute Gasteiger partial charge is 0.487 e. The predicted octanol–water partition coefficient (Wildman–Crippen LogP) is 2.00. The van der Waals surface area contributed by atoms with Gasteiger partial charge in [-0.15, -0.1) is 0 Å². The highest BCUT2D eigenvalue weighted by atomic mass is 35.5. The Bertz CT molecular complexity index is 378. The third kappa shape index (κ3) is 3.12. The summed E-state index contributed by atoms with van der Waals surface area (Å²) in [6, 6.07) is 5.55. The molecule has 2 atom stereocenters. The topological polar surface area (TPSA) is 41.5 Å². The van der Waals surface area contributed by atoms with Gasteiger partial charge in [-0.2, -0.15) is 0 Å². The van der Waals surface area contributed by atoms with Gasteiger partial charge in [0.2, 0.25) is 0 Å². The summed E-state index contributed by atoms with van der Waals surface area (Å²) >= 11 is 5.90. The van der Waals surface area contributed by atoms with E-state index in [-0.39, 0.29) is 12.7 Å². The van der Waals surface area contributed by atoms with E-state index in [1.807, 2.05) is 25.1 Å². The summed E-state index contributed by atoms with van der Waals surface area (Å²) in [4.78, 5) is 0. The van der Waals surface area contributed by atoms with Crippen molar-refractivity contribution in [2.75, 3.05) is 19.7 Å². The Kier molecular flexibility index (Phi) is 4.26. The van der Waals surface area contributed by atoms with E-state index in [1.165, 1.54) is 0 Å². The Hall–Kier alpha value is -0.770. The van der Waals surface area contributed by atoms with Gasteiger partial charge in [0.1, 0.15) is 11.9 Å². The minimum Gasteiger partial charge on any atom is -0.487 e. The predicted molar refractivity (Wildman–Crippen MR) is 68.7 cm³/mol. The molecule has 0 amide bonds. The van der Waals surface area contributed by atoms with Crippen LogP contribution in [0.2, 0.25) is 5.02 Å². The molecular formula is C13H18ClNO2. The molecule has 1 fully saturated rings. The van der Waals surface area contributed by atoms with Gasteiger partial charge in [-0.05, 0) is 43.7 Å². The molecule has 1 aliphatic heterocycles. The Morgan fingerprint density at radius 1 is 1.59 bits per heavy atom. The van der Waals surface area contributed by atoms with E-state index in [0.29, 0.717) is 10.9 Å². The van der Waals surface area contributed by atoms with E-state index in [1.54, 1.807) is 0 Å². The zero-order valence-electron chi connectivity index (χ0n) is 9.95. The van der Waals surface area contributed by atoms with Crippen molar-refractivity contribution in [2.24, 2.45) is 5.92 Å². The Morgan fingerprint density at radius 2 is 2.41 bits per heavy atom. The molecule has 1 unspecified atom stereocenters. The van der Waals surface area contributed by atoms with Crippen LogP contribution in [0, 0.1) is 12.8 Å². The lowest BCUT2D eigenvalue weighted by Gasteiger charge is -2.23. The molecule has 4 heteroatoms. The van der Waals surface area contributed by atoms with Crippen LogP contribution in [0.3, 0.4) is 0 Å². The fourth-order valence-corrected chi connectivity index (χ4v) is 2.41. The number of nitrogens with one attached hydrogen (secondary N) is 1. The minimum absolute atomic E-state index is 0.0500. The van der Waals surface area contributed by atoms with Crippen molar-refractivity contribution < 1.29 is 9.84 Å². The van der Waals surface area contributed by atoms with E-state index < -0.39 is 0 Å². The second-order valence-electron chi connectivity index (χ2n) is 4.50. The molecule has 2 rings (SSSR count). The van der Waals surface area contributed by atoms with Crippen molar-refractivity contribution >= 4 is 11.6 Å². The third-order valence-corrected chi connectivity index (χ3v) is 3.45. The van der Waals surface area contributed by atoms with E-state index in [4.69, 9.17) is 16.3 Å². The number of halogens is 1. The number of aryl methyl sites for hydroxylation is 1. The Labute approximate surface area is 107 Å². The van der Waals surface area contributed by atoms with Crippen LogP contribution < -0.4 is 10.1 Å². The monoisotopic (exact) mass is 255 g/mol. The van der Waals surface area contributed by atoms with Crippen molar-refractivity contribution in [3.05, 3.63) is 28.8 Å². The summed E-state index contributed by atoms with van der Waals surface area (Å²) in [6.07, 6.45) is 0.919. The lowest BCUT2D eigenvalue weighted by atomic mass is 10.0. The maximum Gasteiger partial charge on any atom is 0.126 e. The normalized spacial score (nSPS) is 21.5. The first-order chi connectivity index (χ1) is 8.20. The molecule has 1 saturated heterocycles. The number of aliphatic hydroxyl groups is 1. The van der Waals surface area contributed by atoms with Crippen LogP contribution in [-0.4, -0.2) is 30.9 Å². The maximum absolute atomic E-state index is 9.41. The van der Waals surface area contributed by atoms with Gasteiger partial charge in [0, 0.05) is 17.5 Å². The molecule has 17 heavy (non-hydrogen) atoms. The molecule has 0 spiro atoms. The highest BCUT2D eigenvalue weighted by molar-refractivity contribution is 6.30. The summed E-state index contributed by atoms with van der Waals surface area (Å²) < 4.78 is 5.88. The van der Waals surface area contributed by atoms with E-state index >= 15 is 0 Å². The lowest BCUT2D eigenvalue weighted by molar-refractivity contribution is 0.0736. The average molecular weight is 256 g/mol. The first-order valence-corrected chi connectivity index (χ1v) is 6.33. The number of benzene rings is 1. The first kappa shape index (κ1) is 12.7. The summed E-state index contributed by atoms with van der Waals surface area (Å²) in [5, 5.41) is 13.4. The van der Waals surface area contributed by atoms with Gasteiger partial charge in [-0.3, -0.25) is 0 Å². The van der Waals surface area contributed by atoms with Crippen LogP contribution in [-0.2, 0) is 0 Å². The zero-order chi connectivity index (χ0) is 12.3. The standard InChI is InChI=1S/C13H18ClNO2/c1-9-6-11(14)2-3-12(9)17-13(8-16)10-4-5-15-7-10/h2-3,6,10,13,15-16H,4-5,7-8H2,1H3/t10?,13-/m0/s1. The second kappa shape index (κ2) is 5.71. The molecule has 1 aromatic rings. The van der Waals surface area contributed by atoms with Crippen molar-refractivity contribution in [1.29, 1.82) is 0 Å². The summed E-state index contributed by atoms with van der Waals surface area (Å²) in [5.41, 5.74) is 1.00. The molecule has 3 nitrogen and oxygen atoms in total. The van der Waals surface area contributed by atoms with Gasteiger partial charge < -0.3 is 15.2 Å². The van der Waals surface area contributed by atoms with Gasteiger partial charge in [0.15, 0.2) is 0 Å². The molecule has 1 aromatic carbocycles. The van der Waals surface area contributed by atoms with Crippen LogP contribution in [0.1, 0.15) is 12.0 Å². The molecule has 0 saturated carbocycles. The van der Waals surface area contributed by atoms with Crippen LogP contribution in [0.25, 0.3) is 0 Å². The maximum atomic E-state index is 9.41. The molecule has 1 aliphatic rings. The van der Waals surface area contributed by atoms with E-state index in [2.05, 4.69) is 5.32 Å². The Balaban J connectivity index is 2.06. The average Bonchev–Trinajstić information content (AvgIpc) is 2.81. The number of rotatable bonds is 4. The fourth-order valence-electron chi connectivity index (χ4n) is 2.19. The molecule has 0 radical (unpaired) electrons. The molecule has 94 valence electrons. The molecule has 0 bridgehead atoms. The number of aliphatic hydroxyl groups excluding tert-OH is 1.